The molecule has 0 bridgehead atoms. The number of hydrogen-bond donors (Lipinski definition) is 0. The van der Waals surface area contributed by atoms with Gasteiger partial charge in [-0.1, -0.05) is 18.2 Å². The van der Waals surface area contributed by atoms with Crippen LogP contribution in [0.1, 0.15) is 26.3 Å². The largest absolute Gasteiger partial charge is 0.342 e. The summed E-state index contributed by atoms with van der Waals surface area (Å²) in [5.74, 6) is -0.577. The minimum Gasteiger partial charge on any atom is -0.342 e. The van der Waals surface area contributed by atoms with Crippen LogP contribution in [0.3, 0.4) is 0 Å². The first-order valence-electron chi connectivity index (χ1n) is 6.96. The fraction of sp³-hybridized carbons (Fsp3) is 0.467. The number of fused-ring (bicyclic) bond motifs is 2. The van der Waals surface area contributed by atoms with Gasteiger partial charge >= 0.3 is 0 Å². The smallest absolute Gasteiger partial charge is 0.164 e. The highest BCUT2D eigenvalue weighted by Gasteiger charge is 2.51. The Morgan fingerprint density at radius 3 is 3.00 bits per heavy atom. The summed E-state index contributed by atoms with van der Waals surface area (Å²) in [6.45, 7) is 8.01. The van der Waals surface area contributed by atoms with Crippen molar-refractivity contribution in [2.45, 2.75) is 44.3 Å². The lowest BCUT2D eigenvalue weighted by Crippen LogP contribution is -2.27. The second-order valence-corrected chi connectivity index (χ2v) is 6.43. The molecule has 0 radical (unpaired) electrons. The molecule has 6 heteroatoms. The van der Waals surface area contributed by atoms with E-state index < -0.39 is 5.79 Å². The fourth-order valence-corrected chi connectivity index (χ4v) is 3.54. The van der Waals surface area contributed by atoms with Gasteiger partial charge in [0.2, 0.25) is 0 Å². The normalized spacial score (nSPS) is 31.0. The summed E-state index contributed by atoms with van der Waals surface area (Å²) in [7, 11) is 0. The highest BCUT2D eigenvalue weighted by molar-refractivity contribution is 6.33. The predicted molar refractivity (Wildman–Crippen MR) is 79.2 cm³/mol. The first kappa shape index (κ1) is 13.2. The van der Waals surface area contributed by atoms with E-state index in [4.69, 9.17) is 21.1 Å². The van der Waals surface area contributed by atoms with Crippen LogP contribution < -0.4 is 0 Å². The van der Waals surface area contributed by atoms with Crippen LogP contribution in [0.5, 0.6) is 0 Å². The van der Waals surface area contributed by atoms with Crippen LogP contribution in [0, 0.1) is 0 Å². The SMILES string of the molecule is C=C1C[C@@H](n2ccc3c(Cl)ncnc32)[C@@H]2OC(C)(C)O[C@H]12. The average Bonchev–Trinajstić information content (AvgIpc) is 3.04. The number of hydrogen-bond acceptors (Lipinski definition) is 4. The third-order valence-electron chi connectivity index (χ3n) is 4.20. The molecule has 4 rings (SSSR count). The molecule has 2 aliphatic rings. The van der Waals surface area contributed by atoms with Crippen molar-refractivity contribution in [2.24, 2.45) is 0 Å². The van der Waals surface area contributed by atoms with E-state index in [1.807, 2.05) is 26.1 Å². The lowest BCUT2D eigenvalue weighted by molar-refractivity contribution is -0.150. The second-order valence-electron chi connectivity index (χ2n) is 6.08. The molecule has 110 valence electrons. The van der Waals surface area contributed by atoms with E-state index in [2.05, 4.69) is 21.1 Å². The third-order valence-corrected chi connectivity index (χ3v) is 4.50. The van der Waals surface area contributed by atoms with Crippen molar-refractivity contribution in [1.29, 1.82) is 0 Å². The molecular formula is C15H16ClN3O2. The van der Waals surface area contributed by atoms with Gasteiger partial charge in [-0.2, -0.15) is 0 Å². The van der Waals surface area contributed by atoms with E-state index in [1.54, 1.807) is 0 Å². The van der Waals surface area contributed by atoms with E-state index >= 15 is 0 Å². The Morgan fingerprint density at radius 1 is 1.38 bits per heavy atom. The second kappa shape index (κ2) is 4.29. The monoisotopic (exact) mass is 305 g/mol. The summed E-state index contributed by atoms with van der Waals surface area (Å²) in [4.78, 5) is 8.38. The minimum atomic E-state index is -0.577. The van der Waals surface area contributed by atoms with Gasteiger partial charge in [0, 0.05) is 6.20 Å². The van der Waals surface area contributed by atoms with Gasteiger partial charge in [-0.15, -0.1) is 0 Å². The van der Waals surface area contributed by atoms with E-state index in [0.29, 0.717) is 5.15 Å². The Hall–Kier alpha value is -1.43. The number of aromatic nitrogens is 3. The molecule has 3 heterocycles. The van der Waals surface area contributed by atoms with Crippen LogP contribution in [0.25, 0.3) is 11.0 Å². The molecule has 2 aromatic rings. The number of nitrogens with zero attached hydrogens (tertiary/aromatic N) is 3. The maximum atomic E-state index is 6.12. The lowest BCUT2D eigenvalue weighted by atomic mass is 10.2. The molecule has 0 unspecified atom stereocenters. The molecule has 5 nitrogen and oxygen atoms in total. The van der Waals surface area contributed by atoms with Crippen LogP contribution in [-0.2, 0) is 9.47 Å². The van der Waals surface area contributed by atoms with E-state index in [-0.39, 0.29) is 18.2 Å². The first-order chi connectivity index (χ1) is 9.96. The Bertz CT molecular complexity index is 740. The zero-order chi connectivity index (χ0) is 14.8. The Morgan fingerprint density at radius 2 is 2.19 bits per heavy atom. The van der Waals surface area contributed by atoms with Gasteiger partial charge in [-0.3, -0.25) is 0 Å². The molecule has 2 fully saturated rings. The van der Waals surface area contributed by atoms with Crippen LogP contribution in [0.15, 0.2) is 30.7 Å². The van der Waals surface area contributed by atoms with Crippen molar-refractivity contribution in [2.75, 3.05) is 0 Å². The maximum absolute atomic E-state index is 6.12. The van der Waals surface area contributed by atoms with Crippen LogP contribution >= 0.6 is 11.6 Å². The molecule has 1 aliphatic carbocycles. The third kappa shape index (κ3) is 1.92. The molecule has 2 aromatic heterocycles. The molecule has 0 aromatic carbocycles. The van der Waals surface area contributed by atoms with Gasteiger partial charge in [0.15, 0.2) is 5.79 Å². The van der Waals surface area contributed by atoms with Crippen molar-refractivity contribution >= 4 is 22.6 Å². The van der Waals surface area contributed by atoms with Crippen LogP contribution in [0.2, 0.25) is 5.15 Å². The summed E-state index contributed by atoms with van der Waals surface area (Å²) in [5.41, 5.74) is 1.89. The first-order valence-corrected chi connectivity index (χ1v) is 7.34. The summed E-state index contributed by atoms with van der Waals surface area (Å²) in [6.07, 6.45) is 4.19. The summed E-state index contributed by atoms with van der Waals surface area (Å²) in [6, 6.07) is 2.06. The molecule has 0 amide bonds. The van der Waals surface area contributed by atoms with Crippen molar-refractivity contribution < 1.29 is 9.47 Å². The molecular weight excluding hydrogens is 290 g/mol. The quantitative estimate of drug-likeness (QED) is 0.600. The van der Waals surface area contributed by atoms with Crippen molar-refractivity contribution in [1.82, 2.24) is 14.5 Å². The van der Waals surface area contributed by atoms with Gasteiger partial charge in [-0.05, 0) is 31.9 Å². The molecule has 0 N–H and O–H groups in total. The van der Waals surface area contributed by atoms with Gasteiger partial charge in [0.25, 0.3) is 0 Å². The number of ether oxygens (including phenoxy) is 2. The topological polar surface area (TPSA) is 49.2 Å². The summed E-state index contributed by atoms with van der Waals surface area (Å²) >= 11 is 6.12. The molecule has 1 aliphatic heterocycles. The highest BCUT2D eigenvalue weighted by atomic mass is 35.5. The molecule has 0 spiro atoms. The Kier molecular flexibility index (Phi) is 2.70. The van der Waals surface area contributed by atoms with Gasteiger partial charge < -0.3 is 14.0 Å². The Labute approximate surface area is 127 Å². The van der Waals surface area contributed by atoms with Crippen molar-refractivity contribution in [3.8, 4) is 0 Å². The summed E-state index contributed by atoms with van der Waals surface area (Å²) < 4.78 is 14.1. The predicted octanol–water partition coefficient (Wildman–Crippen LogP) is 3.11. The lowest BCUT2D eigenvalue weighted by Gasteiger charge is -2.23. The molecule has 21 heavy (non-hydrogen) atoms. The number of rotatable bonds is 1. The standard InChI is InChI=1S/C15H16ClN3O2/c1-8-6-10(12-11(8)20-15(2,3)21-12)19-5-4-9-13(16)17-7-18-14(9)19/h4-5,7,10-12H,1,6H2,2-3H3/t10-,11-,12+/m1/s1. The average molecular weight is 306 g/mol. The van der Waals surface area contributed by atoms with E-state index in [0.717, 1.165) is 23.0 Å². The molecule has 1 saturated heterocycles. The van der Waals surface area contributed by atoms with Crippen LogP contribution in [-0.4, -0.2) is 32.5 Å². The Balaban J connectivity index is 1.79. The zero-order valence-corrected chi connectivity index (χ0v) is 12.7. The van der Waals surface area contributed by atoms with E-state index in [1.165, 1.54) is 6.33 Å². The molecule has 3 atom stereocenters. The van der Waals surface area contributed by atoms with Crippen LogP contribution in [0.4, 0.5) is 0 Å². The van der Waals surface area contributed by atoms with E-state index in [9.17, 15) is 0 Å². The summed E-state index contributed by atoms with van der Waals surface area (Å²) in [5, 5.41) is 1.32. The number of halogens is 1. The molecule has 1 saturated carbocycles. The van der Waals surface area contributed by atoms with Crippen molar-refractivity contribution in [3.63, 3.8) is 0 Å². The van der Waals surface area contributed by atoms with Gasteiger partial charge in [0.1, 0.15) is 29.3 Å². The van der Waals surface area contributed by atoms with Gasteiger partial charge in [0.05, 0.1) is 11.4 Å². The zero-order valence-electron chi connectivity index (χ0n) is 11.9. The minimum absolute atomic E-state index is 0.0446. The highest BCUT2D eigenvalue weighted by Crippen LogP contribution is 2.46. The maximum Gasteiger partial charge on any atom is 0.164 e. The fourth-order valence-electron chi connectivity index (χ4n) is 3.35. The van der Waals surface area contributed by atoms with Gasteiger partial charge in [-0.25, -0.2) is 9.97 Å². The van der Waals surface area contributed by atoms with Crippen molar-refractivity contribution in [3.05, 3.63) is 35.9 Å².